The number of hydrogen-bond acceptors (Lipinski definition) is 2. The Hall–Kier alpha value is -1.06. The summed E-state index contributed by atoms with van der Waals surface area (Å²) in [6.07, 6.45) is 2.99. The van der Waals surface area contributed by atoms with E-state index < -0.39 is 0 Å². The molecule has 2 unspecified atom stereocenters. The van der Waals surface area contributed by atoms with Crippen LogP contribution in [0.1, 0.15) is 38.7 Å². The van der Waals surface area contributed by atoms with Crippen molar-refractivity contribution in [3.63, 3.8) is 0 Å². The molecule has 24 heavy (non-hydrogen) atoms. The lowest BCUT2D eigenvalue weighted by Gasteiger charge is -2.47. The molecular formula is C20H27ClN2O. The smallest absolute Gasteiger partial charge is 0.223 e. The minimum atomic E-state index is 0.406. The molecule has 4 atom stereocenters. The molecule has 3 aliphatic rings. The average Bonchev–Trinajstić information content (AvgIpc) is 2.94. The van der Waals surface area contributed by atoms with E-state index in [1.807, 2.05) is 12.1 Å². The third-order valence-corrected chi connectivity index (χ3v) is 6.53. The summed E-state index contributed by atoms with van der Waals surface area (Å²) in [7, 11) is 0. The standard InChI is InChI=1S/C20H27ClN2O/c1-13(2)18-9-16-12-22(10-14-3-6-17(21)7-4-14)11-15-5-8-19(24)23(18)20(15)16/h3-4,6-7,13,15-16,18,20H,5,8-12H2,1-2H3/t15-,16?,18-,20?/m1/s1. The number of piperidine rings is 2. The highest BCUT2D eigenvalue weighted by Crippen LogP contribution is 2.45. The SMILES string of the molecule is CC(C)[C@H]1CC2CN(Cc3ccc(Cl)cc3)C[C@H]3CCC(=O)N1C23. The second kappa shape index (κ2) is 6.34. The second-order valence-corrected chi connectivity index (χ2v) is 8.65. The minimum Gasteiger partial charge on any atom is -0.336 e. The summed E-state index contributed by atoms with van der Waals surface area (Å²) in [6.45, 7) is 7.78. The molecule has 0 saturated carbocycles. The Labute approximate surface area is 150 Å². The maximum atomic E-state index is 12.5. The lowest BCUT2D eigenvalue weighted by molar-refractivity contribution is -0.142. The summed E-state index contributed by atoms with van der Waals surface area (Å²) in [6, 6.07) is 9.18. The Morgan fingerprint density at radius 3 is 2.58 bits per heavy atom. The summed E-state index contributed by atoms with van der Waals surface area (Å²) >= 11 is 6.00. The monoisotopic (exact) mass is 346 g/mol. The Bertz CT molecular complexity index is 615. The van der Waals surface area contributed by atoms with Gasteiger partial charge in [-0.3, -0.25) is 9.69 Å². The van der Waals surface area contributed by atoms with Crippen molar-refractivity contribution in [1.82, 2.24) is 9.80 Å². The van der Waals surface area contributed by atoms with Crippen LogP contribution < -0.4 is 0 Å². The Morgan fingerprint density at radius 1 is 1.17 bits per heavy atom. The highest BCUT2D eigenvalue weighted by Gasteiger charge is 2.52. The van der Waals surface area contributed by atoms with Gasteiger partial charge >= 0.3 is 0 Å². The van der Waals surface area contributed by atoms with E-state index in [4.69, 9.17) is 11.6 Å². The first-order valence-corrected chi connectivity index (χ1v) is 9.68. The van der Waals surface area contributed by atoms with Crippen LogP contribution >= 0.6 is 11.6 Å². The fourth-order valence-electron chi connectivity index (χ4n) is 5.27. The van der Waals surface area contributed by atoms with Crippen LogP contribution in [0.3, 0.4) is 0 Å². The van der Waals surface area contributed by atoms with Gasteiger partial charge < -0.3 is 4.90 Å². The van der Waals surface area contributed by atoms with Crippen molar-refractivity contribution in [2.24, 2.45) is 17.8 Å². The number of halogens is 1. The number of carbonyl (C=O) groups is 1. The van der Waals surface area contributed by atoms with Gasteiger partial charge in [0, 0.05) is 43.2 Å². The van der Waals surface area contributed by atoms with Crippen LogP contribution in [-0.4, -0.2) is 40.9 Å². The summed E-state index contributed by atoms with van der Waals surface area (Å²) in [5, 5.41) is 0.800. The topological polar surface area (TPSA) is 23.6 Å². The zero-order valence-electron chi connectivity index (χ0n) is 14.6. The van der Waals surface area contributed by atoms with Crippen molar-refractivity contribution in [1.29, 1.82) is 0 Å². The van der Waals surface area contributed by atoms with Crippen LogP contribution in [0.2, 0.25) is 5.02 Å². The van der Waals surface area contributed by atoms with Gasteiger partial charge in [-0.1, -0.05) is 37.6 Å². The van der Waals surface area contributed by atoms with Crippen molar-refractivity contribution >= 4 is 17.5 Å². The molecule has 1 aromatic carbocycles. The van der Waals surface area contributed by atoms with Gasteiger partial charge in [0.05, 0.1) is 0 Å². The first kappa shape index (κ1) is 16.4. The largest absolute Gasteiger partial charge is 0.336 e. The summed E-state index contributed by atoms with van der Waals surface area (Å²) in [4.78, 5) is 17.4. The van der Waals surface area contributed by atoms with Crippen LogP contribution in [0.25, 0.3) is 0 Å². The molecule has 130 valence electrons. The van der Waals surface area contributed by atoms with Crippen LogP contribution in [0, 0.1) is 17.8 Å². The highest BCUT2D eigenvalue weighted by molar-refractivity contribution is 6.30. The molecule has 3 fully saturated rings. The zero-order valence-corrected chi connectivity index (χ0v) is 15.4. The Balaban J connectivity index is 1.52. The highest BCUT2D eigenvalue weighted by atomic mass is 35.5. The fraction of sp³-hybridized carbons (Fsp3) is 0.650. The van der Waals surface area contributed by atoms with Gasteiger partial charge in [-0.15, -0.1) is 0 Å². The molecule has 3 saturated heterocycles. The second-order valence-electron chi connectivity index (χ2n) is 8.22. The van der Waals surface area contributed by atoms with Crippen LogP contribution in [0.4, 0.5) is 0 Å². The number of likely N-dealkylation sites (tertiary alicyclic amines) is 1. The Kier molecular flexibility index (Phi) is 4.34. The summed E-state index contributed by atoms with van der Waals surface area (Å²) in [5.41, 5.74) is 1.33. The molecule has 0 spiro atoms. The molecule has 0 aliphatic carbocycles. The van der Waals surface area contributed by atoms with E-state index in [9.17, 15) is 4.79 Å². The van der Waals surface area contributed by atoms with Gasteiger partial charge in [0.25, 0.3) is 0 Å². The number of nitrogens with zero attached hydrogens (tertiary/aromatic N) is 2. The van der Waals surface area contributed by atoms with Gasteiger partial charge in [-0.25, -0.2) is 0 Å². The fourth-order valence-corrected chi connectivity index (χ4v) is 5.40. The van der Waals surface area contributed by atoms with E-state index in [0.717, 1.165) is 37.5 Å². The number of amides is 1. The first-order valence-electron chi connectivity index (χ1n) is 9.31. The van der Waals surface area contributed by atoms with Gasteiger partial charge in [-0.2, -0.15) is 0 Å². The number of rotatable bonds is 3. The quantitative estimate of drug-likeness (QED) is 0.831. The lowest BCUT2D eigenvalue weighted by Crippen LogP contribution is -2.57. The van der Waals surface area contributed by atoms with Crippen LogP contribution in [-0.2, 0) is 11.3 Å². The van der Waals surface area contributed by atoms with Gasteiger partial charge in [0.2, 0.25) is 5.91 Å². The van der Waals surface area contributed by atoms with Crippen molar-refractivity contribution in [3.8, 4) is 0 Å². The van der Waals surface area contributed by atoms with E-state index in [0.29, 0.717) is 35.7 Å². The molecule has 4 heteroatoms. The van der Waals surface area contributed by atoms with Gasteiger partial charge in [-0.05, 0) is 48.3 Å². The molecule has 0 bridgehead atoms. The van der Waals surface area contributed by atoms with E-state index in [1.54, 1.807) is 0 Å². The molecule has 3 heterocycles. The maximum Gasteiger partial charge on any atom is 0.223 e. The minimum absolute atomic E-state index is 0.406. The predicted molar refractivity (Wildman–Crippen MR) is 96.8 cm³/mol. The van der Waals surface area contributed by atoms with Crippen molar-refractivity contribution < 1.29 is 4.79 Å². The van der Waals surface area contributed by atoms with Crippen LogP contribution in [0.15, 0.2) is 24.3 Å². The maximum absolute atomic E-state index is 12.5. The third kappa shape index (κ3) is 2.86. The van der Waals surface area contributed by atoms with E-state index in [1.165, 1.54) is 12.0 Å². The van der Waals surface area contributed by atoms with Gasteiger partial charge in [0.15, 0.2) is 0 Å². The molecule has 0 radical (unpaired) electrons. The number of hydrogen-bond donors (Lipinski definition) is 0. The van der Waals surface area contributed by atoms with Crippen molar-refractivity contribution in [2.45, 2.75) is 51.7 Å². The summed E-state index contributed by atoms with van der Waals surface area (Å²) in [5.74, 6) is 2.26. The van der Waals surface area contributed by atoms with E-state index in [2.05, 4.69) is 35.8 Å². The molecule has 0 N–H and O–H groups in total. The molecule has 3 aliphatic heterocycles. The molecule has 1 aromatic rings. The lowest BCUT2D eigenvalue weighted by atomic mass is 9.79. The molecule has 0 aromatic heterocycles. The first-order chi connectivity index (χ1) is 11.5. The molecule has 4 rings (SSSR count). The predicted octanol–water partition coefficient (Wildman–Crippen LogP) is 3.81. The van der Waals surface area contributed by atoms with E-state index >= 15 is 0 Å². The van der Waals surface area contributed by atoms with Crippen molar-refractivity contribution in [2.75, 3.05) is 13.1 Å². The number of carbonyl (C=O) groups excluding carboxylic acids is 1. The van der Waals surface area contributed by atoms with E-state index in [-0.39, 0.29) is 0 Å². The average molecular weight is 347 g/mol. The Morgan fingerprint density at radius 2 is 1.88 bits per heavy atom. The summed E-state index contributed by atoms with van der Waals surface area (Å²) < 4.78 is 0. The molecule has 3 nitrogen and oxygen atoms in total. The van der Waals surface area contributed by atoms with Gasteiger partial charge in [0.1, 0.15) is 0 Å². The normalized spacial score (nSPS) is 33.2. The molecular weight excluding hydrogens is 320 g/mol. The van der Waals surface area contributed by atoms with Crippen LogP contribution in [0.5, 0.6) is 0 Å². The third-order valence-electron chi connectivity index (χ3n) is 6.28. The zero-order chi connectivity index (χ0) is 16.8. The number of benzene rings is 1. The van der Waals surface area contributed by atoms with Crippen molar-refractivity contribution in [3.05, 3.63) is 34.9 Å². The molecule has 1 amide bonds.